The maximum Gasteiger partial charge on any atom is 0.318 e. The summed E-state index contributed by atoms with van der Waals surface area (Å²) in [6, 6.07) is 1.32. The van der Waals surface area contributed by atoms with Crippen LogP contribution in [-0.4, -0.2) is 47.6 Å². The molecule has 0 unspecified atom stereocenters. The van der Waals surface area contributed by atoms with Gasteiger partial charge in [0.05, 0.1) is 19.3 Å². The Hall–Kier alpha value is -2.31. The second kappa shape index (κ2) is 7.07. The topological polar surface area (TPSA) is 83.6 Å². The van der Waals surface area contributed by atoms with Crippen molar-refractivity contribution in [3.8, 4) is 5.75 Å². The summed E-state index contributed by atoms with van der Waals surface area (Å²) in [5.41, 5.74) is 0.860. The van der Waals surface area contributed by atoms with Crippen LogP contribution in [-0.2, 0) is 4.79 Å². The summed E-state index contributed by atoms with van der Waals surface area (Å²) in [5.74, 6) is 0.606. The predicted molar refractivity (Wildman–Crippen MR) is 88.6 cm³/mol. The average Bonchev–Trinajstić information content (AvgIpc) is 3.25. The number of rotatable bonds is 5. The van der Waals surface area contributed by atoms with Crippen LogP contribution in [0, 0.1) is 0 Å². The monoisotopic (exact) mass is 332 g/mol. The van der Waals surface area contributed by atoms with Crippen LogP contribution < -0.4 is 15.4 Å². The number of hydrogen-bond acceptors (Lipinski definition) is 4. The van der Waals surface area contributed by atoms with Crippen LogP contribution in [0.3, 0.4) is 0 Å². The van der Waals surface area contributed by atoms with Crippen molar-refractivity contribution >= 4 is 11.9 Å². The molecule has 0 spiro atoms. The van der Waals surface area contributed by atoms with E-state index < -0.39 is 0 Å². The molecule has 1 saturated heterocycles. The minimum atomic E-state index is -0.364. The summed E-state index contributed by atoms with van der Waals surface area (Å²) in [6.45, 7) is 2.50. The molecule has 130 valence electrons. The Balaban J connectivity index is 1.63. The van der Waals surface area contributed by atoms with Gasteiger partial charge in [-0.3, -0.25) is 9.78 Å². The number of pyridine rings is 1. The van der Waals surface area contributed by atoms with Crippen molar-refractivity contribution < 1.29 is 14.3 Å². The predicted octanol–water partition coefficient (Wildman–Crippen LogP) is 1.60. The van der Waals surface area contributed by atoms with Gasteiger partial charge in [-0.15, -0.1) is 0 Å². The molecule has 0 radical (unpaired) electrons. The normalized spacial score (nSPS) is 21.2. The number of likely N-dealkylation sites (tertiary alicyclic amines) is 1. The van der Waals surface area contributed by atoms with Gasteiger partial charge < -0.3 is 20.3 Å². The highest BCUT2D eigenvalue weighted by molar-refractivity contribution is 5.88. The van der Waals surface area contributed by atoms with Crippen molar-refractivity contribution in [2.24, 2.45) is 0 Å². The molecule has 1 aromatic heterocycles. The lowest BCUT2D eigenvalue weighted by atomic mass is 10.1. The largest absolute Gasteiger partial charge is 0.495 e. The van der Waals surface area contributed by atoms with Crippen LogP contribution >= 0.6 is 0 Å². The number of nitrogens with zero attached hydrogens (tertiary/aromatic N) is 2. The Labute approximate surface area is 141 Å². The Bertz CT molecular complexity index is 618. The zero-order chi connectivity index (χ0) is 17.1. The summed E-state index contributed by atoms with van der Waals surface area (Å²) in [4.78, 5) is 30.6. The van der Waals surface area contributed by atoms with E-state index in [1.807, 2.05) is 13.0 Å². The molecule has 3 amide bonds. The van der Waals surface area contributed by atoms with Gasteiger partial charge in [-0.25, -0.2) is 4.79 Å². The molecule has 1 saturated carbocycles. The second-order valence-electron chi connectivity index (χ2n) is 6.42. The quantitative estimate of drug-likeness (QED) is 0.858. The molecule has 1 aliphatic carbocycles. The molecular weight excluding hydrogens is 308 g/mol. The van der Waals surface area contributed by atoms with Crippen LogP contribution in [0.2, 0.25) is 0 Å². The third-order valence-electron chi connectivity index (χ3n) is 4.58. The molecule has 7 nitrogen and oxygen atoms in total. The van der Waals surface area contributed by atoms with Crippen LogP contribution in [0.15, 0.2) is 18.5 Å². The number of amides is 3. The number of nitrogens with one attached hydrogen (secondary N) is 2. The van der Waals surface area contributed by atoms with Crippen molar-refractivity contribution in [2.75, 3.05) is 13.7 Å². The smallest absolute Gasteiger partial charge is 0.318 e. The van der Waals surface area contributed by atoms with E-state index in [0.29, 0.717) is 18.3 Å². The van der Waals surface area contributed by atoms with Gasteiger partial charge in [-0.1, -0.05) is 0 Å². The number of hydrogen-bond donors (Lipinski definition) is 2. The maximum absolute atomic E-state index is 12.6. The Morgan fingerprint density at radius 2 is 2.17 bits per heavy atom. The summed E-state index contributed by atoms with van der Waals surface area (Å²) >= 11 is 0. The lowest BCUT2D eigenvalue weighted by molar-refractivity contribution is -0.124. The highest BCUT2D eigenvalue weighted by Crippen LogP contribution is 2.25. The first kappa shape index (κ1) is 16.5. The fraction of sp³-hybridized carbons (Fsp3) is 0.588. The Kier molecular flexibility index (Phi) is 4.87. The first-order valence-corrected chi connectivity index (χ1v) is 8.45. The Morgan fingerprint density at radius 3 is 2.88 bits per heavy atom. The van der Waals surface area contributed by atoms with Gasteiger partial charge in [-0.05, 0) is 38.7 Å². The number of methoxy groups -OCH3 is 1. The molecule has 2 heterocycles. The SMILES string of the molecule is COc1cnccc1[C@@H](C)NC(=O)N1CCC[C@H]1C(=O)NC1CC1. The van der Waals surface area contributed by atoms with E-state index in [1.165, 1.54) is 0 Å². The van der Waals surface area contributed by atoms with Crippen LogP contribution in [0.25, 0.3) is 0 Å². The van der Waals surface area contributed by atoms with Crippen molar-refractivity contribution in [1.82, 2.24) is 20.5 Å². The number of ether oxygens (including phenoxy) is 1. The molecule has 2 atom stereocenters. The maximum atomic E-state index is 12.6. The summed E-state index contributed by atoms with van der Waals surface area (Å²) in [6.07, 6.45) is 6.96. The summed E-state index contributed by atoms with van der Waals surface area (Å²) < 4.78 is 5.29. The summed E-state index contributed by atoms with van der Waals surface area (Å²) in [5, 5.41) is 5.96. The zero-order valence-corrected chi connectivity index (χ0v) is 14.1. The van der Waals surface area contributed by atoms with Gasteiger partial charge >= 0.3 is 6.03 Å². The van der Waals surface area contributed by atoms with Gasteiger partial charge in [0.2, 0.25) is 5.91 Å². The molecule has 2 fully saturated rings. The minimum absolute atomic E-state index is 0.0284. The Morgan fingerprint density at radius 1 is 1.38 bits per heavy atom. The average molecular weight is 332 g/mol. The molecule has 2 N–H and O–H groups in total. The molecule has 24 heavy (non-hydrogen) atoms. The molecular formula is C17H24N4O3. The van der Waals surface area contributed by atoms with Crippen molar-refractivity contribution in [3.63, 3.8) is 0 Å². The fourth-order valence-electron chi connectivity index (χ4n) is 3.07. The van der Waals surface area contributed by atoms with Crippen molar-refractivity contribution in [1.29, 1.82) is 0 Å². The highest BCUT2D eigenvalue weighted by atomic mass is 16.5. The van der Waals surface area contributed by atoms with Crippen LogP contribution in [0.1, 0.15) is 44.2 Å². The van der Waals surface area contributed by atoms with Gasteiger partial charge in [0.1, 0.15) is 11.8 Å². The van der Waals surface area contributed by atoms with Gasteiger partial charge in [0, 0.05) is 24.3 Å². The molecule has 0 bridgehead atoms. The number of carbonyl (C=O) groups excluding carboxylic acids is 2. The van der Waals surface area contributed by atoms with E-state index in [1.54, 1.807) is 24.4 Å². The molecule has 1 aliphatic heterocycles. The third kappa shape index (κ3) is 3.60. The number of carbonyl (C=O) groups is 2. The first-order chi connectivity index (χ1) is 11.6. The second-order valence-corrected chi connectivity index (χ2v) is 6.42. The summed E-state index contributed by atoms with van der Waals surface area (Å²) in [7, 11) is 1.58. The van der Waals surface area contributed by atoms with Crippen molar-refractivity contribution in [3.05, 3.63) is 24.0 Å². The van der Waals surface area contributed by atoms with E-state index in [9.17, 15) is 9.59 Å². The molecule has 2 aliphatic rings. The van der Waals surface area contributed by atoms with E-state index in [0.717, 1.165) is 31.2 Å². The van der Waals surface area contributed by atoms with E-state index in [2.05, 4.69) is 15.6 Å². The number of aromatic nitrogens is 1. The van der Waals surface area contributed by atoms with Crippen LogP contribution in [0.4, 0.5) is 4.79 Å². The molecule has 0 aromatic carbocycles. The lowest BCUT2D eigenvalue weighted by Gasteiger charge is -2.26. The third-order valence-corrected chi connectivity index (χ3v) is 4.58. The lowest BCUT2D eigenvalue weighted by Crippen LogP contribution is -2.50. The van der Waals surface area contributed by atoms with Gasteiger partial charge in [0.15, 0.2) is 0 Å². The standard InChI is InChI=1S/C17H24N4O3/c1-11(13-7-8-18-10-15(13)24-2)19-17(23)21-9-3-4-14(21)16(22)20-12-5-6-12/h7-8,10-12,14H,3-6,9H2,1-2H3,(H,19,23)(H,20,22)/t11-,14+/m1/s1. The highest BCUT2D eigenvalue weighted by Gasteiger charge is 2.36. The van der Waals surface area contributed by atoms with Crippen LogP contribution in [0.5, 0.6) is 5.75 Å². The fourth-order valence-corrected chi connectivity index (χ4v) is 3.07. The van der Waals surface area contributed by atoms with Gasteiger partial charge in [0.25, 0.3) is 0 Å². The number of urea groups is 1. The zero-order valence-electron chi connectivity index (χ0n) is 14.1. The molecule has 3 rings (SSSR count). The van der Waals surface area contributed by atoms with E-state index >= 15 is 0 Å². The van der Waals surface area contributed by atoms with E-state index in [4.69, 9.17) is 4.74 Å². The molecule has 1 aromatic rings. The first-order valence-electron chi connectivity index (χ1n) is 8.45. The molecule has 7 heteroatoms. The van der Waals surface area contributed by atoms with Gasteiger partial charge in [-0.2, -0.15) is 0 Å². The van der Waals surface area contributed by atoms with E-state index in [-0.39, 0.29) is 24.0 Å². The minimum Gasteiger partial charge on any atom is -0.495 e. The van der Waals surface area contributed by atoms with Crippen molar-refractivity contribution in [2.45, 2.75) is 50.7 Å².